The lowest BCUT2D eigenvalue weighted by atomic mass is 10.1. The third-order valence-electron chi connectivity index (χ3n) is 4.46. The molecule has 2 amide bonds. The van der Waals surface area contributed by atoms with E-state index >= 15 is 0 Å². The van der Waals surface area contributed by atoms with Crippen LogP contribution in [0.1, 0.15) is 20.7 Å². The smallest absolute Gasteiger partial charge is 0.258 e. The first kappa shape index (κ1) is 20.3. The largest absolute Gasteiger partial charge is 0.495 e. The highest BCUT2D eigenvalue weighted by Gasteiger charge is 2.16. The van der Waals surface area contributed by atoms with E-state index in [1.807, 2.05) is 0 Å². The maximum atomic E-state index is 14.1. The van der Waals surface area contributed by atoms with Crippen LogP contribution in [-0.2, 0) is 0 Å². The van der Waals surface area contributed by atoms with Crippen molar-refractivity contribution < 1.29 is 18.7 Å². The molecule has 0 saturated carbocycles. The predicted octanol–water partition coefficient (Wildman–Crippen LogP) is 4.26. The Bertz CT molecular complexity index is 1310. The van der Waals surface area contributed by atoms with Crippen LogP contribution in [0.5, 0.6) is 5.75 Å². The Balaban J connectivity index is 1.56. The van der Waals surface area contributed by atoms with E-state index in [4.69, 9.17) is 16.3 Å². The maximum Gasteiger partial charge on any atom is 0.258 e. The Labute approximate surface area is 180 Å². The molecule has 0 fully saturated rings. The van der Waals surface area contributed by atoms with Gasteiger partial charge in [-0.1, -0.05) is 11.6 Å². The predicted molar refractivity (Wildman–Crippen MR) is 114 cm³/mol. The Morgan fingerprint density at radius 1 is 0.968 bits per heavy atom. The van der Waals surface area contributed by atoms with Crippen molar-refractivity contribution in [2.45, 2.75) is 0 Å². The summed E-state index contributed by atoms with van der Waals surface area (Å²) in [6, 6.07) is 13.3. The van der Waals surface area contributed by atoms with Gasteiger partial charge in [-0.3, -0.25) is 9.59 Å². The van der Waals surface area contributed by atoms with Gasteiger partial charge in [-0.25, -0.2) is 4.39 Å². The van der Waals surface area contributed by atoms with E-state index in [1.165, 1.54) is 25.3 Å². The molecule has 4 aromatic rings. The Morgan fingerprint density at radius 3 is 2.55 bits per heavy atom. The van der Waals surface area contributed by atoms with Crippen LogP contribution in [-0.4, -0.2) is 34.3 Å². The van der Waals surface area contributed by atoms with Gasteiger partial charge in [-0.2, -0.15) is 15.4 Å². The third-order valence-corrected chi connectivity index (χ3v) is 4.69. The van der Waals surface area contributed by atoms with E-state index in [-0.39, 0.29) is 22.2 Å². The lowest BCUT2D eigenvalue weighted by molar-refractivity contribution is 0.101. The molecule has 0 unspecified atom stereocenters. The summed E-state index contributed by atoms with van der Waals surface area (Å²) in [5, 5.41) is 15.9. The fourth-order valence-electron chi connectivity index (χ4n) is 2.93. The number of carbonyl (C=O) groups is 2. The minimum atomic E-state index is -0.753. The van der Waals surface area contributed by atoms with Gasteiger partial charge in [0, 0.05) is 16.3 Å². The summed E-state index contributed by atoms with van der Waals surface area (Å²) >= 11 is 5.73. The SMILES string of the molecule is COc1ccc(NC(=O)c2ccc3n[nH]nc3c2)cc1NC(=O)c1ccc(Cl)cc1F. The summed E-state index contributed by atoms with van der Waals surface area (Å²) in [5.74, 6) is -1.48. The summed E-state index contributed by atoms with van der Waals surface area (Å²) in [5.41, 5.74) is 2.05. The molecule has 0 radical (unpaired) electrons. The molecule has 4 rings (SSSR count). The highest BCUT2D eigenvalue weighted by Crippen LogP contribution is 2.29. The number of halogens is 2. The highest BCUT2D eigenvalue weighted by atomic mass is 35.5. The van der Waals surface area contributed by atoms with Gasteiger partial charge in [-0.05, 0) is 54.6 Å². The minimum absolute atomic E-state index is 0.179. The van der Waals surface area contributed by atoms with Gasteiger partial charge in [-0.15, -0.1) is 0 Å². The summed E-state index contributed by atoms with van der Waals surface area (Å²) in [6.07, 6.45) is 0. The normalized spacial score (nSPS) is 10.7. The van der Waals surface area contributed by atoms with E-state index < -0.39 is 11.7 Å². The van der Waals surface area contributed by atoms with Crippen molar-refractivity contribution in [1.82, 2.24) is 15.4 Å². The van der Waals surface area contributed by atoms with Crippen LogP contribution in [0.4, 0.5) is 15.8 Å². The molecular formula is C21H15ClFN5O3. The van der Waals surface area contributed by atoms with Crippen LogP contribution in [0, 0.1) is 5.82 Å². The monoisotopic (exact) mass is 439 g/mol. The average Bonchev–Trinajstić information content (AvgIpc) is 3.21. The molecule has 0 aliphatic heterocycles. The molecule has 10 heteroatoms. The molecule has 0 aliphatic carbocycles. The summed E-state index contributed by atoms with van der Waals surface area (Å²) < 4.78 is 19.3. The molecule has 156 valence electrons. The van der Waals surface area contributed by atoms with Gasteiger partial charge in [0.05, 0.1) is 18.4 Å². The van der Waals surface area contributed by atoms with Crippen molar-refractivity contribution in [3.8, 4) is 5.75 Å². The van der Waals surface area contributed by atoms with E-state index in [1.54, 1.807) is 30.3 Å². The van der Waals surface area contributed by atoms with Gasteiger partial charge in [0.15, 0.2) is 0 Å². The average molecular weight is 440 g/mol. The number of nitrogens with one attached hydrogen (secondary N) is 3. The number of rotatable bonds is 5. The Morgan fingerprint density at radius 2 is 1.77 bits per heavy atom. The fraction of sp³-hybridized carbons (Fsp3) is 0.0476. The number of ether oxygens (including phenoxy) is 1. The van der Waals surface area contributed by atoms with Gasteiger partial charge < -0.3 is 15.4 Å². The van der Waals surface area contributed by atoms with Gasteiger partial charge in [0.2, 0.25) is 0 Å². The number of aromatic amines is 1. The van der Waals surface area contributed by atoms with Crippen LogP contribution in [0.3, 0.4) is 0 Å². The lowest BCUT2D eigenvalue weighted by Gasteiger charge is -2.13. The molecule has 0 spiro atoms. The van der Waals surface area contributed by atoms with Gasteiger partial charge in [0.1, 0.15) is 22.6 Å². The van der Waals surface area contributed by atoms with E-state index in [0.29, 0.717) is 28.0 Å². The quantitative estimate of drug-likeness (QED) is 0.430. The van der Waals surface area contributed by atoms with Crippen LogP contribution < -0.4 is 15.4 Å². The van der Waals surface area contributed by atoms with Gasteiger partial charge in [0.25, 0.3) is 11.8 Å². The second-order valence-corrected chi connectivity index (χ2v) is 6.91. The first-order valence-corrected chi connectivity index (χ1v) is 9.39. The van der Waals surface area contributed by atoms with Crippen LogP contribution >= 0.6 is 11.6 Å². The maximum absolute atomic E-state index is 14.1. The zero-order valence-electron chi connectivity index (χ0n) is 16.1. The second kappa shape index (κ2) is 8.41. The van der Waals surface area contributed by atoms with Crippen LogP contribution in [0.25, 0.3) is 11.0 Å². The van der Waals surface area contributed by atoms with Crippen molar-refractivity contribution in [3.63, 3.8) is 0 Å². The third kappa shape index (κ3) is 4.31. The number of H-pyrrole nitrogens is 1. The molecule has 8 nitrogen and oxygen atoms in total. The molecule has 3 N–H and O–H groups in total. The molecule has 0 bridgehead atoms. The molecule has 1 heterocycles. The van der Waals surface area contributed by atoms with Crippen molar-refractivity contribution in [2.24, 2.45) is 0 Å². The van der Waals surface area contributed by atoms with Crippen molar-refractivity contribution in [3.05, 3.63) is 76.6 Å². The summed E-state index contributed by atoms with van der Waals surface area (Å²) in [7, 11) is 1.43. The van der Waals surface area contributed by atoms with E-state index in [0.717, 1.165) is 6.07 Å². The second-order valence-electron chi connectivity index (χ2n) is 6.47. The first-order valence-electron chi connectivity index (χ1n) is 9.01. The standard InChI is InChI=1S/C21H15ClFN5O3/c1-31-19-7-4-13(24-20(29)11-2-6-16-17(8-11)27-28-26-16)10-18(19)25-21(30)14-5-3-12(22)9-15(14)23/h2-10H,1H3,(H,24,29)(H,25,30)(H,26,27,28). The number of carbonyl (C=O) groups excluding carboxylic acids is 2. The Kier molecular flexibility index (Phi) is 5.50. The lowest BCUT2D eigenvalue weighted by Crippen LogP contribution is -2.15. The highest BCUT2D eigenvalue weighted by molar-refractivity contribution is 6.30. The molecule has 3 aromatic carbocycles. The first-order chi connectivity index (χ1) is 14.9. The number of nitrogens with zero attached hydrogens (tertiary/aromatic N) is 2. The minimum Gasteiger partial charge on any atom is -0.495 e. The topological polar surface area (TPSA) is 109 Å². The van der Waals surface area contributed by atoms with Crippen LogP contribution in [0.2, 0.25) is 5.02 Å². The zero-order chi connectivity index (χ0) is 22.0. The van der Waals surface area contributed by atoms with E-state index in [2.05, 4.69) is 26.0 Å². The number of amides is 2. The van der Waals surface area contributed by atoms with Crippen molar-refractivity contribution in [2.75, 3.05) is 17.7 Å². The molecular weight excluding hydrogens is 425 g/mol. The molecule has 31 heavy (non-hydrogen) atoms. The molecule has 0 atom stereocenters. The van der Waals surface area contributed by atoms with Crippen molar-refractivity contribution >= 4 is 45.8 Å². The van der Waals surface area contributed by atoms with E-state index in [9.17, 15) is 14.0 Å². The zero-order valence-corrected chi connectivity index (χ0v) is 16.8. The number of anilines is 2. The Hall–Kier alpha value is -3.98. The van der Waals surface area contributed by atoms with Crippen LogP contribution in [0.15, 0.2) is 54.6 Å². The molecule has 0 aliphatic rings. The van der Waals surface area contributed by atoms with Crippen molar-refractivity contribution in [1.29, 1.82) is 0 Å². The number of methoxy groups -OCH3 is 1. The number of hydrogen-bond donors (Lipinski definition) is 3. The fourth-order valence-corrected chi connectivity index (χ4v) is 3.09. The number of hydrogen-bond acceptors (Lipinski definition) is 5. The number of benzene rings is 3. The summed E-state index contributed by atoms with van der Waals surface area (Å²) in [4.78, 5) is 25.1. The molecule has 0 saturated heterocycles. The number of aromatic nitrogens is 3. The van der Waals surface area contributed by atoms with Gasteiger partial charge >= 0.3 is 0 Å². The number of fused-ring (bicyclic) bond motifs is 1. The molecule has 1 aromatic heterocycles. The summed E-state index contributed by atoms with van der Waals surface area (Å²) in [6.45, 7) is 0.